The van der Waals surface area contributed by atoms with Crippen molar-refractivity contribution in [1.29, 1.82) is 0 Å². The molecule has 0 atom stereocenters. The Morgan fingerprint density at radius 2 is 1.89 bits per heavy atom. The van der Waals surface area contributed by atoms with Gasteiger partial charge in [0.25, 0.3) is 11.6 Å². The van der Waals surface area contributed by atoms with Crippen LogP contribution in [0.15, 0.2) is 59.2 Å². The summed E-state index contributed by atoms with van der Waals surface area (Å²) in [6.45, 7) is 3.97. The highest BCUT2D eigenvalue weighted by molar-refractivity contribution is 9.10. The zero-order chi connectivity index (χ0) is 26.9. The largest absolute Gasteiger partial charge is 0.457 e. The lowest BCUT2D eigenvalue weighted by Crippen LogP contribution is -2.16. The molecular formula is C23H18BrF3N6O4. The maximum Gasteiger partial charge on any atom is 0.416 e. The smallest absolute Gasteiger partial charge is 0.416 e. The van der Waals surface area contributed by atoms with Gasteiger partial charge in [-0.2, -0.15) is 23.4 Å². The number of aryl methyl sites for hydroxylation is 1. The van der Waals surface area contributed by atoms with Crippen LogP contribution < -0.4 is 10.1 Å². The number of hydrogen-bond acceptors (Lipinski definition) is 6. The van der Waals surface area contributed by atoms with Crippen LogP contribution in [-0.4, -0.2) is 30.4 Å². The van der Waals surface area contributed by atoms with Crippen LogP contribution in [0.3, 0.4) is 0 Å². The molecule has 0 bridgehead atoms. The third-order valence-corrected chi connectivity index (χ3v) is 6.35. The molecule has 0 unspecified atom stereocenters. The van der Waals surface area contributed by atoms with E-state index in [4.69, 9.17) is 4.74 Å². The molecule has 0 saturated carbocycles. The Balaban J connectivity index is 1.53. The van der Waals surface area contributed by atoms with Gasteiger partial charge in [-0.15, -0.1) is 0 Å². The first-order valence-electron chi connectivity index (χ1n) is 10.6. The molecule has 37 heavy (non-hydrogen) atoms. The van der Waals surface area contributed by atoms with Crippen LogP contribution in [0.2, 0.25) is 0 Å². The molecule has 2 aromatic carbocycles. The van der Waals surface area contributed by atoms with E-state index >= 15 is 0 Å². The van der Waals surface area contributed by atoms with Gasteiger partial charge in [0.15, 0.2) is 5.69 Å². The van der Waals surface area contributed by atoms with Crippen LogP contribution in [0.1, 0.15) is 27.4 Å². The van der Waals surface area contributed by atoms with E-state index in [0.29, 0.717) is 0 Å². The van der Waals surface area contributed by atoms with Gasteiger partial charge in [0.05, 0.1) is 38.1 Å². The number of ether oxygens (including phenoxy) is 1. The van der Waals surface area contributed by atoms with E-state index in [2.05, 4.69) is 31.4 Å². The molecule has 1 N–H and O–H groups in total. The van der Waals surface area contributed by atoms with Crippen molar-refractivity contribution in [2.75, 3.05) is 5.32 Å². The number of non-ortho nitro benzene ring substituents is 1. The summed E-state index contributed by atoms with van der Waals surface area (Å²) in [7, 11) is 0. The zero-order valence-corrected chi connectivity index (χ0v) is 20.9. The fraction of sp³-hybridized carbons (Fsp3) is 0.174. The molecule has 0 aliphatic heterocycles. The van der Waals surface area contributed by atoms with Gasteiger partial charge in [-0.05, 0) is 54.0 Å². The summed E-state index contributed by atoms with van der Waals surface area (Å²) < 4.78 is 48.5. The summed E-state index contributed by atoms with van der Waals surface area (Å²) in [5.74, 6) is -0.967. The number of nitrogens with zero attached hydrogens (tertiary/aromatic N) is 5. The minimum Gasteiger partial charge on any atom is -0.457 e. The molecule has 0 radical (unpaired) electrons. The molecule has 2 heterocycles. The number of aromatic nitrogens is 4. The number of nitro benzene ring substituents is 1. The minimum absolute atomic E-state index is 0.00166. The number of nitro groups is 1. The first-order valence-corrected chi connectivity index (χ1v) is 11.4. The predicted molar refractivity (Wildman–Crippen MR) is 130 cm³/mol. The van der Waals surface area contributed by atoms with Crippen LogP contribution in [-0.2, 0) is 12.8 Å². The van der Waals surface area contributed by atoms with Gasteiger partial charge in [-0.3, -0.25) is 19.6 Å². The fourth-order valence-corrected chi connectivity index (χ4v) is 3.68. The second-order valence-corrected chi connectivity index (χ2v) is 8.71. The number of carbonyl (C=O) groups excluding carboxylic acids is 1. The molecule has 0 aliphatic carbocycles. The van der Waals surface area contributed by atoms with Crippen molar-refractivity contribution in [3.05, 3.63) is 92.0 Å². The third kappa shape index (κ3) is 5.97. The predicted octanol–water partition coefficient (Wildman–Crippen LogP) is 5.94. The van der Waals surface area contributed by atoms with Gasteiger partial charge in [0, 0.05) is 18.3 Å². The lowest BCUT2D eigenvalue weighted by molar-refractivity contribution is -0.384. The number of nitrogens with one attached hydrogen (secondary N) is 1. The molecule has 1 amide bonds. The Hall–Kier alpha value is -4.20. The topological polar surface area (TPSA) is 117 Å². The van der Waals surface area contributed by atoms with Gasteiger partial charge in [0.1, 0.15) is 18.2 Å². The summed E-state index contributed by atoms with van der Waals surface area (Å²) in [5.41, 5.74) is 0.346. The third-order valence-electron chi connectivity index (χ3n) is 5.20. The van der Waals surface area contributed by atoms with E-state index in [-0.39, 0.29) is 29.5 Å². The van der Waals surface area contributed by atoms with Crippen LogP contribution in [0, 0.1) is 24.0 Å². The Morgan fingerprint density at radius 1 is 1.14 bits per heavy atom. The molecule has 4 rings (SSSR count). The standard InChI is InChI=1S/C23H18BrF3N6O4/c1-13-21(24)14(2)32(29-13)12-31-7-6-20(30-31)22(34)28-16-9-17(33(35)36)11-19(10-16)37-18-5-3-4-15(8-18)23(25,26)27/h3-11H,12H2,1-2H3,(H,28,34). The SMILES string of the molecule is Cc1nn(Cn2ccc(C(=O)Nc3cc(Oc4cccc(C(F)(F)F)c4)cc([N+](=O)[O-])c3)n2)c(C)c1Br. The van der Waals surface area contributed by atoms with Crippen molar-refractivity contribution in [3.63, 3.8) is 0 Å². The lowest BCUT2D eigenvalue weighted by atomic mass is 10.2. The van der Waals surface area contributed by atoms with Crippen LogP contribution in [0.25, 0.3) is 0 Å². The van der Waals surface area contributed by atoms with Crippen LogP contribution in [0.4, 0.5) is 24.5 Å². The molecule has 0 aliphatic rings. The summed E-state index contributed by atoms with van der Waals surface area (Å²) in [4.78, 5) is 23.4. The highest BCUT2D eigenvalue weighted by atomic mass is 79.9. The summed E-state index contributed by atoms with van der Waals surface area (Å²) in [5, 5.41) is 22.5. The van der Waals surface area contributed by atoms with Crippen LogP contribution >= 0.6 is 15.9 Å². The summed E-state index contributed by atoms with van der Waals surface area (Å²) >= 11 is 3.45. The molecule has 4 aromatic rings. The van der Waals surface area contributed by atoms with Crippen molar-refractivity contribution in [2.45, 2.75) is 26.7 Å². The number of amides is 1. The number of anilines is 1. The lowest BCUT2D eigenvalue weighted by Gasteiger charge is -2.11. The molecule has 0 spiro atoms. The molecule has 10 nitrogen and oxygen atoms in total. The average Bonchev–Trinajstić information content (AvgIpc) is 3.39. The molecule has 2 aromatic heterocycles. The highest BCUT2D eigenvalue weighted by Gasteiger charge is 2.30. The van der Waals surface area contributed by atoms with E-state index < -0.39 is 28.3 Å². The Bertz CT molecular complexity index is 1500. The number of hydrogen-bond donors (Lipinski definition) is 1. The Kier molecular flexibility index (Phi) is 7.03. The zero-order valence-electron chi connectivity index (χ0n) is 19.3. The number of rotatable bonds is 7. The maximum atomic E-state index is 13.0. The van der Waals surface area contributed by atoms with Crippen molar-refractivity contribution >= 4 is 33.2 Å². The fourth-order valence-electron chi connectivity index (χ4n) is 3.40. The van der Waals surface area contributed by atoms with Gasteiger partial charge >= 0.3 is 6.18 Å². The molecule has 0 fully saturated rings. The van der Waals surface area contributed by atoms with Crippen molar-refractivity contribution < 1.29 is 27.6 Å². The number of alkyl halides is 3. The Morgan fingerprint density at radius 3 is 2.54 bits per heavy atom. The number of halogens is 4. The molecule has 14 heteroatoms. The number of carbonyl (C=O) groups is 1. The van der Waals surface area contributed by atoms with E-state index in [0.717, 1.165) is 46.2 Å². The summed E-state index contributed by atoms with van der Waals surface area (Å²) in [6, 6.07) is 8.94. The van der Waals surface area contributed by atoms with Gasteiger partial charge in [-0.1, -0.05) is 6.07 Å². The Labute approximate surface area is 215 Å². The first kappa shape index (κ1) is 25.9. The maximum absolute atomic E-state index is 13.0. The second-order valence-electron chi connectivity index (χ2n) is 7.92. The van der Waals surface area contributed by atoms with Gasteiger partial charge in [-0.25, -0.2) is 4.68 Å². The van der Waals surface area contributed by atoms with Gasteiger partial charge in [0.2, 0.25) is 0 Å². The monoisotopic (exact) mass is 578 g/mol. The van der Waals surface area contributed by atoms with Crippen molar-refractivity contribution in [1.82, 2.24) is 19.6 Å². The van der Waals surface area contributed by atoms with Crippen LogP contribution in [0.5, 0.6) is 11.5 Å². The van der Waals surface area contributed by atoms with E-state index in [1.807, 2.05) is 13.8 Å². The van der Waals surface area contributed by atoms with E-state index in [9.17, 15) is 28.1 Å². The van der Waals surface area contributed by atoms with Crippen molar-refractivity contribution in [3.8, 4) is 11.5 Å². The summed E-state index contributed by atoms with van der Waals surface area (Å²) in [6.07, 6.45) is -3.01. The molecule has 0 saturated heterocycles. The quantitative estimate of drug-likeness (QED) is 0.214. The van der Waals surface area contributed by atoms with Crippen molar-refractivity contribution in [2.24, 2.45) is 0 Å². The van der Waals surface area contributed by atoms with Gasteiger partial charge < -0.3 is 10.1 Å². The molecule has 192 valence electrons. The highest BCUT2D eigenvalue weighted by Crippen LogP contribution is 2.34. The average molecular weight is 579 g/mol. The molecular weight excluding hydrogens is 561 g/mol. The second kappa shape index (κ2) is 10.0. The van der Waals surface area contributed by atoms with E-state index in [1.165, 1.54) is 22.9 Å². The number of benzene rings is 2. The minimum atomic E-state index is -4.59. The van der Waals surface area contributed by atoms with E-state index in [1.54, 1.807) is 10.9 Å². The first-order chi connectivity index (χ1) is 17.4. The normalized spacial score (nSPS) is 11.4.